The summed E-state index contributed by atoms with van der Waals surface area (Å²) in [6.07, 6.45) is 8.62. The summed E-state index contributed by atoms with van der Waals surface area (Å²) in [4.78, 5) is 25.9. The van der Waals surface area contributed by atoms with Gasteiger partial charge in [0.05, 0.1) is 18.6 Å². The van der Waals surface area contributed by atoms with E-state index in [4.69, 9.17) is 0 Å². The Hall–Kier alpha value is -2.67. The van der Waals surface area contributed by atoms with Crippen LogP contribution in [0.1, 0.15) is 25.3 Å². The minimum Gasteiger partial charge on any atom is -0.466 e. The normalized spacial score (nSPS) is 17.9. The fraction of sp³-hybridized carbons (Fsp3) is 0.263. The Kier molecular flexibility index (Phi) is 7.82. The average molecular weight is 371 g/mol. The monoisotopic (exact) mass is 371 g/mol. The summed E-state index contributed by atoms with van der Waals surface area (Å²) in [5.41, 5.74) is 0.959. The number of allylic oxidation sites excluding steroid dienone is 2. The minimum absolute atomic E-state index is 0.267. The van der Waals surface area contributed by atoms with Gasteiger partial charge in [-0.25, -0.2) is 4.79 Å². The van der Waals surface area contributed by atoms with Crippen molar-refractivity contribution in [2.75, 3.05) is 7.11 Å². The molecule has 0 bridgehead atoms. The summed E-state index contributed by atoms with van der Waals surface area (Å²) in [5.74, 6) is -0.868. The Balaban J connectivity index is 2.21. The molecule has 7 heteroatoms. The van der Waals surface area contributed by atoms with E-state index in [0.717, 1.165) is 30.2 Å². The van der Waals surface area contributed by atoms with E-state index in [0.29, 0.717) is 11.7 Å². The van der Waals surface area contributed by atoms with Gasteiger partial charge in [0.15, 0.2) is 5.17 Å². The molecule has 0 aromatic heterocycles. The number of unbranched alkanes of at least 4 members (excludes halogenated alkanes) is 1. The largest absolute Gasteiger partial charge is 0.466 e. The van der Waals surface area contributed by atoms with Crippen molar-refractivity contribution in [2.45, 2.75) is 26.3 Å². The summed E-state index contributed by atoms with van der Waals surface area (Å²) in [5, 5.41) is 8.57. The lowest BCUT2D eigenvalue weighted by Gasteiger charge is -2.14. The number of rotatable bonds is 7. The number of carbonyl (C=O) groups is 2. The number of benzene rings is 1. The molecule has 0 aliphatic carbocycles. The van der Waals surface area contributed by atoms with Crippen molar-refractivity contribution in [3.63, 3.8) is 0 Å². The van der Waals surface area contributed by atoms with Crippen molar-refractivity contribution in [1.29, 1.82) is 0 Å². The Morgan fingerprint density at radius 1 is 1.31 bits per heavy atom. The highest BCUT2D eigenvalue weighted by atomic mass is 32.2. The van der Waals surface area contributed by atoms with Gasteiger partial charge >= 0.3 is 5.97 Å². The molecule has 1 aromatic carbocycles. The van der Waals surface area contributed by atoms with Crippen LogP contribution < -0.4 is 0 Å². The highest BCUT2D eigenvalue weighted by Gasteiger charge is 2.34. The Morgan fingerprint density at radius 3 is 2.77 bits per heavy atom. The third-order valence-electron chi connectivity index (χ3n) is 3.41. The highest BCUT2D eigenvalue weighted by molar-refractivity contribution is 8.18. The number of amidine groups is 1. The molecule has 0 saturated carbocycles. The molecule has 1 saturated heterocycles. The summed E-state index contributed by atoms with van der Waals surface area (Å²) in [6, 6.07) is 9.57. The quantitative estimate of drug-likeness (QED) is 0.318. The third-order valence-corrected chi connectivity index (χ3v) is 4.41. The maximum absolute atomic E-state index is 12.6. The zero-order chi connectivity index (χ0) is 18.8. The van der Waals surface area contributed by atoms with Crippen LogP contribution in [0.25, 0.3) is 0 Å². The first-order valence-electron chi connectivity index (χ1n) is 8.25. The second kappa shape index (κ2) is 10.4. The molecule has 0 radical (unpaired) electrons. The fourth-order valence-electron chi connectivity index (χ4n) is 2.10. The van der Waals surface area contributed by atoms with Crippen LogP contribution in [0, 0.1) is 0 Å². The topological polar surface area (TPSA) is 71.3 Å². The van der Waals surface area contributed by atoms with Gasteiger partial charge in [0.25, 0.3) is 5.91 Å². The van der Waals surface area contributed by atoms with Gasteiger partial charge in [0, 0.05) is 12.3 Å². The van der Waals surface area contributed by atoms with Crippen molar-refractivity contribution >= 4 is 35.0 Å². The zero-order valence-electron chi connectivity index (χ0n) is 14.8. The van der Waals surface area contributed by atoms with E-state index in [1.165, 1.54) is 18.1 Å². The van der Waals surface area contributed by atoms with Gasteiger partial charge in [-0.15, -0.1) is 5.10 Å². The Morgan fingerprint density at radius 2 is 2.08 bits per heavy atom. The Labute approximate surface area is 157 Å². The standard InChI is InChI=1S/C19H21N3O3S/c1-3-4-5-9-12-20-21-19-22(14-15-10-7-6-8-11-15)18(24)16(26-19)13-17(23)25-2/h5-13H,3-4,14H2,1-2H3/b9-5+,16-13-,20-12+,21-19-. The molecule has 1 fully saturated rings. The molecule has 136 valence electrons. The molecule has 2 rings (SSSR count). The number of esters is 1. The van der Waals surface area contributed by atoms with Gasteiger partial charge in [-0.05, 0) is 29.8 Å². The van der Waals surface area contributed by atoms with Crippen LogP contribution in [-0.4, -0.2) is 35.3 Å². The molecule has 1 aliphatic rings. The smallest absolute Gasteiger partial charge is 0.331 e. The predicted molar refractivity (Wildman–Crippen MR) is 105 cm³/mol. The number of nitrogens with zero attached hydrogens (tertiary/aromatic N) is 3. The molecular weight excluding hydrogens is 350 g/mol. The molecule has 26 heavy (non-hydrogen) atoms. The number of thioether (sulfide) groups is 1. The summed E-state index contributed by atoms with van der Waals surface area (Å²) < 4.78 is 4.61. The molecule has 0 spiro atoms. The zero-order valence-corrected chi connectivity index (χ0v) is 15.6. The van der Waals surface area contributed by atoms with Gasteiger partial charge in [-0.3, -0.25) is 9.69 Å². The Bertz CT molecular complexity index is 755. The van der Waals surface area contributed by atoms with Crippen LogP contribution in [0.3, 0.4) is 0 Å². The lowest BCUT2D eigenvalue weighted by atomic mass is 10.2. The van der Waals surface area contributed by atoms with Crippen molar-refractivity contribution in [1.82, 2.24) is 4.90 Å². The number of hydrogen-bond acceptors (Lipinski definition) is 6. The van der Waals surface area contributed by atoms with E-state index in [1.54, 1.807) is 6.21 Å². The van der Waals surface area contributed by atoms with Crippen molar-refractivity contribution in [3.8, 4) is 0 Å². The van der Waals surface area contributed by atoms with Crippen molar-refractivity contribution in [3.05, 3.63) is 59.0 Å². The highest BCUT2D eigenvalue weighted by Crippen LogP contribution is 2.32. The summed E-state index contributed by atoms with van der Waals surface area (Å²) in [7, 11) is 1.27. The lowest BCUT2D eigenvalue weighted by Crippen LogP contribution is -2.28. The maximum atomic E-state index is 12.6. The van der Waals surface area contributed by atoms with E-state index in [1.807, 2.05) is 42.5 Å². The van der Waals surface area contributed by atoms with E-state index < -0.39 is 5.97 Å². The maximum Gasteiger partial charge on any atom is 0.331 e. The predicted octanol–water partition coefficient (Wildman–Crippen LogP) is 3.52. The molecular formula is C19H21N3O3S. The minimum atomic E-state index is -0.576. The molecule has 1 amide bonds. The van der Waals surface area contributed by atoms with Crippen LogP contribution in [0.15, 0.2) is 63.7 Å². The second-order valence-corrected chi connectivity index (χ2v) is 6.38. The molecule has 1 heterocycles. The third kappa shape index (κ3) is 5.70. The van der Waals surface area contributed by atoms with E-state index in [-0.39, 0.29) is 10.8 Å². The number of carbonyl (C=O) groups excluding carboxylic acids is 2. The van der Waals surface area contributed by atoms with Gasteiger partial charge < -0.3 is 4.74 Å². The van der Waals surface area contributed by atoms with E-state index >= 15 is 0 Å². The summed E-state index contributed by atoms with van der Waals surface area (Å²) >= 11 is 1.11. The van der Waals surface area contributed by atoms with Gasteiger partial charge in [-0.1, -0.05) is 49.8 Å². The lowest BCUT2D eigenvalue weighted by molar-refractivity contribution is -0.135. The number of ether oxygens (including phenoxy) is 1. The summed E-state index contributed by atoms with van der Waals surface area (Å²) in [6.45, 7) is 2.45. The van der Waals surface area contributed by atoms with Gasteiger partial charge in [0.2, 0.25) is 0 Å². The molecule has 0 atom stereocenters. The van der Waals surface area contributed by atoms with Crippen LogP contribution >= 0.6 is 11.8 Å². The van der Waals surface area contributed by atoms with E-state index in [2.05, 4.69) is 21.9 Å². The second-order valence-electron chi connectivity index (χ2n) is 5.37. The first kappa shape index (κ1) is 19.7. The van der Waals surface area contributed by atoms with Crippen LogP contribution in [0.4, 0.5) is 0 Å². The molecule has 1 aromatic rings. The van der Waals surface area contributed by atoms with Gasteiger partial charge in [-0.2, -0.15) is 5.10 Å². The van der Waals surface area contributed by atoms with Crippen molar-refractivity contribution in [2.24, 2.45) is 10.2 Å². The molecule has 6 nitrogen and oxygen atoms in total. The fourth-order valence-corrected chi connectivity index (χ4v) is 2.99. The molecule has 0 unspecified atom stereocenters. The average Bonchev–Trinajstić information content (AvgIpc) is 2.94. The van der Waals surface area contributed by atoms with Gasteiger partial charge in [0.1, 0.15) is 0 Å². The molecule has 0 N–H and O–H groups in total. The molecule has 1 aliphatic heterocycles. The van der Waals surface area contributed by atoms with Crippen molar-refractivity contribution < 1.29 is 14.3 Å². The first-order valence-corrected chi connectivity index (χ1v) is 9.06. The number of amides is 1. The van der Waals surface area contributed by atoms with Crippen LogP contribution in [-0.2, 0) is 20.9 Å². The van der Waals surface area contributed by atoms with E-state index in [9.17, 15) is 9.59 Å². The van der Waals surface area contributed by atoms with Crippen LogP contribution in [0.5, 0.6) is 0 Å². The number of hydrogen-bond donors (Lipinski definition) is 0. The van der Waals surface area contributed by atoms with Crippen LogP contribution in [0.2, 0.25) is 0 Å². The number of methoxy groups -OCH3 is 1. The first-order chi connectivity index (χ1) is 12.7. The SMILES string of the molecule is CCC/C=C/C=N/N=C1\S/C(=C\C(=O)OC)C(=O)N1Cc1ccccc1.